The summed E-state index contributed by atoms with van der Waals surface area (Å²) in [6.45, 7) is 0. The molecule has 0 saturated carbocycles. The average Bonchev–Trinajstić information content (AvgIpc) is 2.31. The van der Waals surface area contributed by atoms with Gasteiger partial charge < -0.3 is 16.2 Å². The molecule has 0 fully saturated rings. The van der Waals surface area contributed by atoms with E-state index in [1.807, 2.05) is 36.4 Å². The number of primary amides is 1. The van der Waals surface area contributed by atoms with Gasteiger partial charge in [-0.15, -0.1) is 0 Å². The zero-order valence-corrected chi connectivity index (χ0v) is 9.24. The van der Waals surface area contributed by atoms with Gasteiger partial charge in [-0.2, -0.15) is 0 Å². The molecular formula is C13H14N2O2. The minimum atomic E-state index is -0.786. The van der Waals surface area contributed by atoms with Gasteiger partial charge in [-0.3, -0.25) is 0 Å². The fraction of sp³-hybridized carbons (Fsp3) is 0. The van der Waals surface area contributed by atoms with Crippen molar-refractivity contribution in [2.45, 2.75) is 0 Å². The monoisotopic (exact) mass is 230 g/mol. The molecule has 0 saturated heterocycles. The van der Waals surface area contributed by atoms with Crippen LogP contribution in [0.25, 0.3) is 0 Å². The van der Waals surface area contributed by atoms with Gasteiger partial charge in [0.25, 0.3) is 0 Å². The number of carbonyl (C=O) groups excluding carboxylic acids is 1. The fourth-order valence-corrected chi connectivity index (χ4v) is 1.06. The molecular weight excluding hydrogens is 216 g/mol. The van der Waals surface area contributed by atoms with Crippen LogP contribution >= 0.6 is 0 Å². The Kier molecular flexibility index (Phi) is 5.10. The van der Waals surface area contributed by atoms with Crippen LogP contribution in [0.1, 0.15) is 0 Å². The van der Waals surface area contributed by atoms with E-state index in [1.165, 1.54) is 0 Å². The van der Waals surface area contributed by atoms with E-state index in [4.69, 9.17) is 11.5 Å². The first kappa shape index (κ1) is 12.6. The predicted octanol–water partition coefficient (Wildman–Crippen LogP) is 2.41. The minimum absolute atomic E-state index is 0.468. The molecule has 0 bridgehead atoms. The Bertz CT molecular complexity index is 443. The van der Waals surface area contributed by atoms with Crippen molar-refractivity contribution in [2.24, 2.45) is 5.73 Å². The molecule has 88 valence electrons. The van der Waals surface area contributed by atoms with E-state index < -0.39 is 6.09 Å². The highest BCUT2D eigenvalue weighted by Gasteiger charge is 1.93. The van der Waals surface area contributed by atoms with Crippen LogP contribution in [0.15, 0.2) is 60.7 Å². The number of anilines is 1. The zero-order valence-electron chi connectivity index (χ0n) is 9.24. The summed E-state index contributed by atoms with van der Waals surface area (Å²) in [5.41, 5.74) is 10.9. The van der Waals surface area contributed by atoms with Crippen molar-refractivity contribution in [3.63, 3.8) is 0 Å². The zero-order chi connectivity index (χ0) is 12.5. The van der Waals surface area contributed by atoms with Gasteiger partial charge in [0.1, 0.15) is 5.75 Å². The molecule has 0 unspecified atom stereocenters. The summed E-state index contributed by atoms with van der Waals surface area (Å²) in [5.74, 6) is 0.468. The number of para-hydroxylation sites is 2. The Balaban J connectivity index is 0.000000181. The lowest BCUT2D eigenvalue weighted by molar-refractivity contribution is 0.211. The van der Waals surface area contributed by atoms with Crippen LogP contribution in [0.2, 0.25) is 0 Å². The number of amides is 1. The van der Waals surface area contributed by atoms with Crippen LogP contribution < -0.4 is 16.2 Å². The molecule has 0 aliphatic carbocycles. The summed E-state index contributed by atoms with van der Waals surface area (Å²) in [6.07, 6.45) is -0.786. The fourth-order valence-electron chi connectivity index (χ4n) is 1.06. The Morgan fingerprint density at radius 1 is 0.882 bits per heavy atom. The lowest BCUT2D eigenvalue weighted by Gasteiger charge is -1.96. The highest BCUT2D eigenvalue weighted by molar-refractivity contribution is 5.67. The Hall–Kier alpha value is -2.49. The van der Waals surface area contributed by atoms with Crippen molar-refractivity contribution >= 4 is 11.8 Å². The molecule has 0 heterocycles. The smallest absolute Gasteiger partial charge is 0.409 e. The molecule has 2 aromatic carbocycles. The number of nitrogen functional groups attached to an aromatic ring is 1. The molecule has 4 nitrogen and oxygen atoms in total. The van der Waals surface area contributed by atoms with Crippen molar-refractivity contribution in [1.82, 2.24) is 0 Å². The Morgan fingerprint density at radius 2 is 1.35 bits per heavy atom. The molecule has 0 aliphatic heterocycles. The summed E-state index contributed by atoms with van der Waals surface area (Å²) in [4.78, 5) is 10.2. The second-order valence-corrected chi connectivity index (χ2v) is 3.14. The van der Waals surface area contributed by atoms with E-state index in [1.54, 1.807) is 24.3 Å². The molecule has 2 rings (SSSR count). The SMILES string of the molecule is NC(=O)Oc1ccccc1.Nc1ccccc1. The topological polar surface area (TPSA) is 78.3 Å². The average molecular weight is 230 g/mol. The van der Waals surface area contributed by atoms with E-state index in [2.05, 4.69) is 4.74 Å². The summed E-state index contributed by atoms with van der Waals surface area (Å²) >= 11 is 0. The second kappa shape index (κ2) is 6.90. The molecule has 0 spiro atoms. The van der Waals surface area contributed by atoms with E-state index in [-0.39, 0.29) is 0 Å². The van der Waals surface area contributed by atoms with Gasteiger partial charge in [0.15, 0.2) is 0 Å². The molecule has 17 heavy (non-hydrogen) atoms. The third-order valence-electron chi connectivity index (χ3n) is 1.76. The lowest BCUT2D eigenvalue weighted by Crippen LogP contribution is -2.15. The third kappa shape index (κ3) is 5.84. The quantitative estimate of drug-likeness (QED) is 0.738. The van der Waals surface area contributed by atoms with Gasteiger partial charge >= 0.3 is 6.09 Å². The van der Waals surface area contributed by atoms with Crippen LogP contribution in [-0.4, -0.2) is 6.09 Å². The van der Waals surface area contributed by atoms with Crippen molar-refractivity contribution in [3.05, 3.63) is 60.7 Å². The maximum absolute atomic E-state index is 10.2. The Morgan fingerprint density at radius 3 is 1.71 bits per heavy atom. The summed E-state index contributed by atoms with van der Waals surface area (Å²) in [5, 5.41) is 0. The number of nitrogens with two attached hydrogens (primary N) is 2. The molecule has 0 atom stereocenters. The van der Waals surface area contributed by atoms with Crippen LogP contribution in [0, 0.1) is 0 Å². The van der Waals surface area contributed by atoms with E-state index in [9.17, 15) is 4.79 Å². The van der Waals surface area contributed by atoms with Crippen molar-refractivity contribution in [1.29, 1.82) is 0 Å². The van der Waals surface area contributed by atoms with Crippen LogP contribution in [0.3, 0.4) is 0 Å². The van der Waals surface area contributed by atoms with Gasteiger partial charge in [0.2, 0.25) is 0 Å². The van der Waals surface area contributed by atoms with Gasteiger partial charge in [-0.1, -0.05) is 36.4 Å². The maximum Gasteiger partial charge on any atom is 0.409 e. The molecule has 4 heteroatoms. The third-order valence-corrected chi connectivity index (χ3v) is 1.76. The number of rotatable bonds is 1. The molecule has 4 N–H and O–H groups in total. The van der Waals surface area contributed by atoms with Crippen LogP contribution in [-0.2, 0) is 0 Å². The highest BCUT2D eigenvalue weighted by atomic mass is 16.5. The van der Waals surface area contributed by atoms with Crippen molar-refractivity contribution in [3.8, 4) is 5.75 Å². The van der Waals surface area contributed by atoms with Crippen LogP contribution in [0.4, 0.5) is 10.5 Å². The molecule has 2 aromatic rings. The van der Waals surface area contributed by atoms with E-state index in [0.29, 0.717) is 5.75 Å². The summed E-state index contributed by atoms with van der Waals surface area (Å²) in [6, 6.07) is 18.2. The van der Waals surface area contributed by atoms with Crippen molar-refractivity contribution in [2.75, 3.05) is 5.73 Å². The standard InChI is InChI=1S/C7H7NO2.C6H7N/c8-7(9)10-6-4-2-1-3-5-6;7-6-4-2-1-3-5-6/h1-5H,(H2,8,9);1-5H,7H2. The molecule has 0 aliphatic rings. The van der Waals surface area contributed by atoms with Crippen LogP contribution in [0.5, 0.6) is 5.75 Å². The first-order valence-corrected chi connectivity index (χ1v) is 5.01. The van der Waals surface area contributed by atoms with Gasteiger partial charge in [0.05, 0.1) is 0 Å². The summed E-state index contributed by atoms with van der Waals surface area (Å²) in [7, 11) is 0. The predicted molar refractivity (Wildman–Crippen MR) is 67.5 cm³/mol. The normalized spacial score (nSPS) is 8.71. The maximum atomic E-state index is 10.2. The summed E-state index contributed by atoms with van der Waals surface area (Å²) < 4.78 is 4.55. The lowest BCUT2D eigenvalue weighted by atomic mass is 10.3. The van der Waals surface area contributed by atoms with E-state index >= 15 is 0 Å². The Labute approximate surface area is 99.8 Å². The molecule has 1 amide bonds. The van der Waals surface area contributed by atoms with Gasteiger partial charge in [-0.05, 0) is 24.3 Å². The second-order valence-electron chi connectivity index (χ2n) is 3.14. The highest BCUT2D eigenvalue weighted by Crippen LogP contribution is 2.07. The first-order valence-electron chi connectivity index (χ1n) is 5.01. The van der Waals surface area contributed by atoms with E-state index in [0.717, 1.165) is 5.69 Å². The largest absolute Gasteiger partial charge is 0.411 e. The number of hydrogen-bond donors (Lipinski definition) is 2. The number of hydrogen-bond acceptors (Lipinski definition) is 3. The van der Waals surface area contributed by atoms with Crippen molar-refractivity contribution < 1.29 is 9.53 Å². The van der Waals surface area contributed by atoms with Gasteiger partial charge in [-0.25, -0.2) is 4.79 Å². The molecule has 0 radical (unpaired) electrons. The first-order chi connectivity index (χ1) is 8.18. The number of carbonyl (C=O) groups is 1. The minimum Gasteiger partial charge on any atom is -0.411 e. The van der Waals surface area contributed by atoms with Gasteiger partial charge in [0, 0.05) is 5.69 Å². The number of benzene rings is 2. The molecule has 0 aromatic heterocycles. The number of ether oxygens (including phenoxy) is 1.